The molecule has 2 aliphatic rings. The molecule has 1 N–H and O–H groups in total. The highest BCUT2D eigenvalue weighted by Crippen LogP contribution is 2.40. The monoisotopic (exact) mass is 354 g/mol. The summed E-state index contributed by atoms with van der Waals surface area (Å²) in [5.74, 6) is 0.393. The van der Waals surface area contributed by atoms with Crippen molar-refractivity contribution >= 4 is 22.6 Å². The fourth-order valence-corrected chi connectivity index (χ4v) is 3.62. The molecule has 0 saturated heterocycles. The summed E-state index contributed by atoms with van der Waals surface area (Å²) < 4.78 is 17.1. The molecule has 0 saturated carbocycles. The third-order valence-electron chi connectivity index (χ3n) is 5.09. The zero-order chi connectivity index (χ0) is 18.5. The smallest absolute Gasteiger partial charge is 0.203 e. The van der Waals surface area contributed by atoms with Crippen LogP contribution in [0.2, 0.25) is 0 Å². The van der Waals surface area contributed by atoms with E-state index in [9.17, 15) is 9.90 Å². The van der Waals surface area contributed by atoms with Crippen LogP contribution in [0.5, 0.6) is 11.5 Å². The number of phenols is 1. The molecule has 2 aromatic rings. The van der Waals surface area contributed by atoms with Crippen molar-refractivity contribution in [1.82, 2.24) is 0 Å². The number of aromatic hydroxyl groups is 1. The Morgan fingerprint density at radius 1 is 1.35 bits per heavy atom. The van der Waals surface area contributed by atoms with Gasteiger partial charge in [0.05, 0.1) is 17.2 Å². The molecule has 1 aliphatic carbocycles. The highest BCUT2D eigenvalue weighted by Gasteiger charge is 2.27. The first kappa shape index (κ1) is 16.9. The van der Waals surface area contributed by atoms with Crippen molar-refractivity contribution in [3.05, 3.63) is 45.8 Å². The first-order valence-electron chi connectivity index (χ1n) is 8.81. The predicted octanol–water partition coefficient (Wildman–Crippen LogP) is 4.27. The lowest BCUT2D eigenvalue weighted by atomic mass is 9.91. The summed E-state index contributed by atoms with van der Waals surface area (Å²) in [6, 6.07) is 1.50. The molecule has 1 aliphatic heterocycles. The molecule has 5 nitrogen and oxygen atoms in total. The van der Waals surface area contributed by atoms with E-state index in [1.165, 1.54) is 12.3 Å². The van der Waals surface area contributed by atoms with E-state index < -0.39 is 5.60 Å². The van der Waals surface area contributed by atoms with E-state index in [1.807, 2.05) is 32.1 Å². The fraction of sp³-hybridized carbons (Fsp3) is 0.381. The summed E-state index contributed by atoms with van der Waals surface area (Å²) in [5.41, 5.74) is 1.79. The van der Waals surface area contributed by atoms with Crippen molar-refractivity contribution < 1.29 is 19.0 Å². The Kier molecular flexibility index (Phi) is 3.92. The lowest BCUT2D eigenvalue weighted by Crippen LogP contribution is -2.27. The number of allylic oxidation sites excluding steroid dienone is 1. The van der Waals surface area contributed by atoms with Gasteiger partial charge in [-0.2, -0.15) is 0 Å². The van der Waals surface area contributed by atoms with Crippen LogP contribution in [-0.4, -0.2) is 23.9 Å². The molecule has 136 valence electrons. The van der Waals surface area contributed by atoms with Crippen molar-refractivity contribution in [2.45, 2.75) is 44.8 Å². The Morgan fingerprint density at radius 2 is 2.15 bits per heavy atom. The molecule has 1 aromatic heterocycles. The minimum absolute atomic E-state index is 0.119. The van der Waals surface area contributed by atoms with Gasteiger partial charge in [0, 0.05) is 13.2 Å². The molecule has 0 unspecified atom stereocenters. The van der Waals surface area contributed by atoms with E-state index in [0.29, 0.717) is 22.5 Å². The van der Waals surface area contributed by atoms with Crippen LogP contribution in [0.4, 0.5) is 0 Å². The van der Waals surface area contributed by atoms with Crippen molar-refractivity contribution in [2.75, 3.05) is 7.11 Å². The van der Waals surface area contributed by atoms with E-state index in [0.717, 1.165) is 24.8 Å². The number of phenolic OH excluding ortho intramolecular Hbond substituents is 1. The lowest BCUT2D eigenvalue weighted by molar-refractivity contribution is 0.0964. The molecule has 5 heteroatoms. The molecule has 0 spiro atoms. The Hall–Kier alpha value is -2.53. The van der Waals surface area contributed by atoms with Gasteiger partial charge in [0.1, 0.15) is 28.7 Å². The van der Waals surface area contributed by atoms with Crippen LogP contribution in [-0.2, 0) is 4.74 Å². The number of benzene rings is 1. The molecule has 0 amide bonds. The maximum atomic E-state index is 13.1. The van der Waals surface area contributed by atoms with Gasteiger partial charge in [0.25, 0.3) is 0 Å². The van der Waals surface area contributed by atoms with Crippen LogP contribution < -0.4 is 10.2 Å². The highest BCUT2D eigenvalue weighted by molar-refractivity contribution is 5.94. The van der Waals surface area contributed by atoms with Crippen molar-refractivity contribution in [2.24, 2.45) is 0 Å². The molecule has 26 heavy (non-hydrogen) atoms. The van der Waals surface area contributed by atoms with Crippen LogP contribution in [0, 0.1) is 0 Å². The summed E-state index contributed by atoms with van der Waals surface area (Å²) in [7, 11) is 1.70. The molecule has 1 atom stereocenters. The summed E-state index contributed by atoms with van der Waals surface area (Å²) in [4.78, 5) is 13.1. The van der Waals surface area contributed by atoms with Gasteiger partial charge in [-0.15, -0.1) is 0 Å². The quantitative estimate of drug-likeness (QED) is 0.872. The number of hydrogen-bond donors (Lipinski definition) is 1. The van der Waals surface area contributed by atoms with Crippen LogP contribution in [0.15, 0.2) is 33.7 Å². The first-order chi connectivity index (χ1) is 12.4. The maximum Gasteiger partial charge on any atom is 0.203 e. The van der Waals surface area contributed by atoms with Crippen LogP contribution >= 0.6 is 0 Å². The van der Waals surface area contributed by atoms with E-state index in [-0.39, 0.29) is 22.7 Å². The van der Waals surface area contributed by atoms with Crippen LogP contribution in [0.25, 0.3) is 22.6 Å². The van der Waals surface area contributed by atoms with Crippen molar-refractivity contribution in [3.8, 4) is 11.5 Å². The maximum absolute atomic E-state index is 13.1. The average molecular weight is 354 g/mol. The number of hydrogen-bond acceptors (Lipinski definition) is 5. The topological polar surface area (TPSA) is 68.9 Å². The molecule has 0 fully saturated rings. The largest absolute Gasteiger partial charge is 0.507 e. The minimum atomic E-state index is -0.474. The van der Waals surface area contributed by atoms with Gasteiger partial charge < -0.3 is 19.0 Å². The minimum Gasteiger partial charge on any atom is -0.507 e. The Bertz CT molecular complexity index is 994. The SMILES string of the molecule is CO[C@H]1CC=C(c2coc3c4c(cc(O)c3c2=O)OC(C)(C)C=C4)CC1. The van der Waals surface area contributed by atoms with Gasteiger partial charge >= 0.3 is 0 Å². The van der Waals surface area contributed by atoms with Crippen molar-refractivity contribution in [1.29, 1.82) is 0 Å². The summed E-state index contributed by atoms with van der Waals surface area (Å²) in [6.07, 6.45) is 9.89. The van der Waals surface area contributed by atoms with E-state index in [4.69, 9.17) is 13.9 Å². The summed E-state index contributed by atoms with van der Waals surface area (Å²) >= 11 is 0. The van der Waals surface area contributed by atoms with Gasteiger partial charge in [0.2, 0.25) is 5.43 Å². The summed E-state index contributed by atoms with van der Waals surface area (Å²) in [5, 5.41) is 10.7. The van der Waals surface area contributed by atoms with E-state index in [1.54, 1.807) is 7.11 Å². The molecule has 0 radical (unpaired) electrons. The van der Waals surface area contributed by atoms with Gasteiger partial charge in [0.15, 0.2) is 5.58 Å². The van der Waals surface area contributed by atoms with E-state index in [2.05, 4.69) is 0 Å². The third kappa shape index (κ3) is 2.72. The Morgan fingerprint density at radius 3 is 2.85 bits per heavy atom. The molecule has 2 heterocycles. The standard InChI is InChI=1S/C21H22O5/c1-21(2)9-8-14-17(26-21)10-16(22)18-19(23)15(11-25-20(14)18)12-4-6-13(24-3)7-5-12/h4,8-11,13,22H,5-7H2,1-3H3/t13-/m0/s1. The zero-order valence-electron chi connectivity index (χ0n) is 15.2. The fourth-order valence-electron chi connectivity index (χ4n) is 3.62. The number of ether oxygens (including phenoxy) is 2. The van der Waals surface area contributed by atoms with Gasteiger partial charge in [-0.3, -0.25) is 4.79 Å². The van der Waals surface area contributed by atoms with E-state index >= 15 is 0 Å². The average Bonchev–Trinajstić information content (AvgIpc) is 2.61. The lowest BCUT2D eigenvalue weighted by Gasteiger charge is -2.28. The second kappa shape index (κ2) is 6.02. The molecule has 4 rings (SSSR count). The van der Waals surface area contributed by atoms with Gasteiger partial charge in [-0.05, 0) is 50.8 Å². The second-order valence-corrected chi connectivity index (χ2v) is 7.39. The van der Waals surface area contributed by atoms with Gasteiger partial charge in [-0.1, -0.05) is 6.08 Å². The van der Waals surface area contributed by atoms with Crippen molar-refractivity contribution in [3.63, 3.8) is 0 Å². The number of fused-ring (bicyclic) bond motifs is 3. The normalized spacial score (nSPS) is 21.2. The Balaban J connectivity index is 1.86. The molecular formula is C21H22O5. The van der Waals surface area contributed by atoms with Gasteiger partial charge in [-0.25, -0.2) is 0 Å². The molecular weight excluding hydrogens is 332 g/mol. The summed E-state index contributed by atoms with van der Waals surface area (Å²) in [6.45, 7) is 3.85. The van der Waals surface area contributed by atoms with Crippen LogP contribution in [0.3, 0.4) is 0 Å². The molecule has 1 aromatic carbocycles. The second-order valence-electron chi connectivity index (χ2n) is 7.39. The number of methoxy groups -OCH3 is 1. The van der Waals surface area contributed by atoms with Crippen LogP contribution in [0.1, 0.15) is 44.2 Å². The molecule has 0 bridgehead atoms. The third-order valence-corrected chi connectivity index (χ3v) is 5.09. The predicted molar refractivity (Wildman–Crippen MR) is 101 cm³/mol. The first-order valence-corrected chi connectivity index (χ1v) is 8.81. The number of rotatable bonds is 2. The zero-order valence-corrected chi connectivity index (χ0v) is 15.2. The highest BCUT2D eigenvalue weighted by atomic mass is 16.5. The Labute approximate surface area is 151 Å².